The third-order valence-electron chi connectivity index (χ3n) is 21.1. The van der Waals surface area contributed by atoms with Crippen molar-refractivity contribution in [1.29, 1.82) is 15.8 Å². The number of carbonyl (C=O) groups excluding carboxylic acids is 2. The maximum atomic E-state index is 13.9. The van der Waals surface area contributed by atoms with Crippen LogP contribution in [0.4, 0.5) is 5.69 Å². The van der Waals surface area contributed by atoms with Gasteiger partial charge in [-0.1, -0.05) is 331 Å². The second-order valence-corrected chi connectivity index (χ2v) is 28.5. The monoisotopic (exact) mass is 1460 g/mol. The summed E-state index contributed by atoms with van der Waals surface area (Å²) in [6.07, 6.45) is 0. The Morgan fingerprint density at radius 3 is 0.963 bits per heavy atom. The lowest BCUT2D eigenvalue weighted by Gasteiger charge is -2.41. The summed E-state index contributed by atoms with van der Waals surface area (Å²) in [6, 6.07) is 114. The highest BCUT2D eigenvalue weighted by molar-refractivity contribution is 9.10. The van der Waals surface area contributed by atoms with Crippen LogP contribution in [0.1, 0.15) is 121 Å². The average Bonchev–Trinajstić information content (AvgIpc) is 0.785. The van der Waals surface area contributed by atoms with Gasteiger partial charge in [0.2, 0.25) is 5.69 Å². The lowest BCUT2D eigenvalue weighted by molar-refractivity contribution is 0.00578. The first-order valence-corrected chi connectivity index (χ1v) is 36.2. The molecule has 2 aromatic heterocycles. The van der Waals surface area contributed by atoms with Crippen LogP contribution >= 0.6 is 15.9 Å². The first-order valence-electron chi connectivity index (χ1n) is 35.4. The summed E-state index contributed by atoms with van der Waals surface area (Å²) < 4.78 is 13.6. The van der Waals surface area contributed by atoms with Crippen LogP contribution in [-0.2, 0) is 20.1 Å². The van der Waals surface area contributed by atoms with Gasteiger partial charge in [-0.2, -0.15) is 15.8 Å². The van der Waals surface area contributed by atoms with E-state index in [0.717, 1.165) is 87.9 Å². The first-order chi connectivity index (χ1) is 52.7. The number of hydrogen-bond acceptors (Lipinski definition) is 9. The molecule has 3 aliphatic rings. The second-order valence-electron chi connectivity index (χ2n) is 27.5. The highest BCUT2D eigenvalue weighted by Crippen LogP contribution is 2.54. The zero-order valence-electron chi connectivity index (χ0n) is 59.4. The Kier molecular flexibility index (Phi) is 19.1. The molecule has 0 atom stereocenters. The van der Waals surface area contributed by atoms with E-state index in [1.807, 2.05) is 270 Å². The summed E-state index contributed by atoms with van der Waals surface area (Å²) in [7, 11) is -0.850. The van der Waals surface area contributed by atoms with Crippen LogP contribution in [-0.4, -0.2) is 39.9 Å². The van der Waals surface area contributed by atoms with Gasteiger partial charge in [0.05, 0.1) is 74.1 Å². The molecule has 108 heavy (non-hydrogen) atoms. The maximum Gasteiger partial charge on any atom is 0.484 e. The normalized spacial score (nSPS) is 14.2. The molecular formula is C96H66BBrN6O4. The van der Waals surface area contributed by atoms with Gasteiger partial charge in [-0.15, -0.1) is 0 Å². The van der Waals surface area contributed by atoms with E-state index in [9.17, 15) is 25.4 Å². The zero-order chi connectivity index (χ0) is 74.7. The van der Waals surface area contributed by atoms with Gasteiger partial charge in [-0.05, 0) is 95.5 Å². The third kappa shape index (κ3) is 12.1. The molecule has 0 spiro atoms. The highest BCUT2D eigenvalue weighted by atomic mass is 79.9. The number of benzene rings is 12. The van der Waals surface area contributed by atoms with E-state index in [-0.39, 0.29) is 17.3 Å². The lowest BCUT2D eigenvalue weighted by atomic mass is 9.59. The minimum atomic E-state index is -0.850. The Bertz CT molecular complexity index is 5710. The van der Waals surface area contributed by atoms with Gasteiger partial charge in [0.1, 0.15) is 12.1 Å². The van der Waals surface area contributed by atoms with Crippen LogP contribution in [0, 0.1) is 40.6 Å². The summed E-state index contributed by atoms with van der Waals surface area (Å²) in [5.41, 5.74) is 16.7. The van der Waals surface area contributed by atoms with Crippen LogP contribution in [0.2, 0.25) is 0 Å². The SMILES string of the molecule is N#Cc1c(-c2ccccc2)nc(-c2ccccc2)c(C#N)c1-c1ccc(C2(c3ccccc3)c3ccccc3C(=O)c3ccccc32)cc1.O=C1c2ccccc2C(c2ccccc2)(c2ccc(Br)cc2)c2ccccc21.[C-]#[N+]c1c(-c2ccccc2)nc(-c2ccccc2)c(C#N)c1B1OC(C)(C)C(C)(C)O1. The molecule has 14 aromatic rings. The number of halogens is 1. The predicted molar refractivity (Wildman–Crippen MR) is 429 cm³/mol. The van der Waals surface area contributed by atoms with Crippen LogP contribution in [0.5, 0.6) is 0 Å². The van der Waals surface area contributed by atoms with E-state index >= 15 is 0 Å². The van der Waals surface area contributed by atoms with Gasteiger partial charge in [-0.25, -0.2) is 9.83 Å². The van der Waals surface area contributed by atoms with Crippen LogP contribution < -0.4 is 5.46 Å². The van der Waals surface area contributed by atoms with Crippen LogP contribution in [0.3, 0.4) is 0 Å². The summed E-state index contributed by atoms with van der Waals surface area (Å²) in [6.45, 7) is 15.8. The molecule has 0 amide bonds. The molecule has 0 saturated carbocycles. The van der Waals surface area contributed by atoms with Gasteiger partial charge < -0.3 is 9.31 Å². The minimum Gasteiger partial charge on any atom is -0.400 e. The Hall–Kier alpha value is -13.3. The van der Waals surface area contributed by atoms with Crippen molar-refractivity contribution < 1.29 is 18.9 Å². The van der Waals surface area contributed by atoms with E-state index in [1.165, 1.54) is 0 Å². The smallest absolute Gasteiger partial charge is 0.400 e. The number of ketones is 2. The van der Waals surface area contributed by atoms with E-state index in [4.69, 9.17) is 25.8 Å². The quantitative estimate of drug-likeness (QED) is 0.0961. The molecule has 3 heterocycles. The standard InChI is InChI=1S/C45H27N3O.C26H17BrO.C25H22BN3O2/c46-28-37-41(38(29-47)43(32-16-6-2-7-17-32)48-42(37)31-14-4-1-5-15-31)30-24-26-34(27-25-30)45(33-18-8-3-9-19-33)39-22-12-10-20-35(39)44(49)36-21-11-13-23-40(36)45;27-20-16-14-19(15-17-20)26(18-8-2-1-3-9-18)23-12-6-4-10-21(23)25(28)22-11-5-7-13-24(22)26;1-24(2)25(3,4)31-26(30-24)20-19(16-27)21(17-12-8-6-9-13-17)29-22(23(20)28-5)18-14-10-7-11-15-18/h1-27H;1-17H;6-15H,1-4H3. The summed E-state index contributed by atoms with van der Waals surface area (Å²) in [4.78, 5) is 40.8. The van der Waals surface area contributed by atoms with E-state index in [2.05, 4.69) is 124 Å². The largest absolute Gasteiger partial charge is 0.484 e. The van der Waals surface area contributed by atoms with Gasteiger partial charge in [0.25, 0.3) is 0 Å². The Morgan fingerprint density at radius 1 is 0.352 bits per heavy atom. The molecular weight excluding hydrogens is 1390 g/mol. The number of nitrogens with zero attached hydrogens (tertiary/aromatic N) is 6. The molecule has 12 aromatic carbocycles. The zero-order valence-corrected chi connectivity index (χ0v) is 61.0. The molecule has 2 aliphatic carbocycles. The molecule has 0 bridgehead atoms. The Balaban J connectivity index is 0.000000137. The number of nitriles is 3. The van der Waals surface area contributed by atoms with E-state index in [0.29, 0.717) is 61.6 Å². The number of pyridine rings is 2. The molecule has 0 N–H and O–H groups in total. The molecule has 10 nitrogen and oxygen atoms in total. The van der Waals surface area contributed by atoms with Crippen molar-refractivity contribution in [1.82, 2.24) is 9.97 Å². The van der Waals surface area contributed by atoms with E-state index in [1.54, 1.807) is 0 Å². The van der Waals surface area contributed by atoms with Crippen LogP contribution in [0.25, 0.3) is 61.0 Å². The van der Waals surface area contributed by atoms with Crippen molar-refractivity contribution in [3.05, 3.63) is 427 Å². The third-order valence-corrected chi connectivity index (χ3v) is 21.7. The van der Waals surface area contributed by atoms with Crippen molar-refractivity contribution in [2.24, 2.45) is 0 Å². The number of rotatable bonds is 10. The Labute approximate surface area is 637 Å². The molecule has 514 valence electrons. The average molecular weight is 1460 g/mol. The number of aromatic nitrogens is 2. The molecule has 17 rings (SSSR count). The van der Waals surface area contributed by atoms with Gasteiger partial charge in [0.15, 0.2) is 11.6 Å². The predicted octanol–water partition coefficient (Wildman–Crippen LogP) is 21.3. The summed E-state index contributed by atoms with van der Waals surface area (Å²) in [5, 5.41) is 31.5. The number of carbonyl (C=O) groups is 2. The topological polar surface area (TPSA) is 154 Å². The first kappa shape index (κ1) is 70.4. The van der Waals surface area contributed by atoms with Crippen molar-refractivity contribution in [2.45, 2.75) is 49.7 Å². The van der Waals surface area contributed by atoms with E-state index < -0.39 is 29.2 Å². The van der Waals surface area contributed by atoms with Crippen LogP contribution in [0.15, 0.2) is 332 Å². The molecule has 1 aliphatic heterocycles. The fourth-order valence-corrected chi connectivity index (χ4v) is 15.7. The van der Waals surface area contributed by atoms with Crippen molar-refractivity contribution in [3.63, 3.8) is 0 Å². The number of hydrogen-bond donors (Lipinski definition) is 0. The van der Waals surface area contributed by atoms with Crippen molar-refractivity contribution in [2.75, 3.05) is 0 Å². The maximum absolute atomic E-state index is 13.9. The molecule has 0 unspecified atom stereocenters. The lowest BCUT2D eigenvalue weighted by Crippen LogP contribution is -2.41. The fraction of sp³-hybridized carbons (Fsp3) is 0.0833. The highest BCUT2D eigenvalue weighted by Gasteiger charge is 2.54. The summed E-state index contributed by atoms with van der Waals surface area (Å²) >= 11 is 3.56. The molecule has 12 heteroatoms. The van der Waals surface area contributed by atoms with Crippen molar-refractivity contribution >= 4 is 45.8 Å². The van der Waals surface area contributed by atoms with Gasteiger partial charge in [-0.3, -0.25) is 14.6 Å². The van der Waals surface area contributed by atoms with Crippen molar-refractivity contribution in [3.8, 4) is 74.4 Å². The fourth-order valence-electron chi connectivity index (χ4n) is 15.5. The molecule has 1 saturated heterocycles. The minimum absolute atomic E-state index is 0.00497. The second kappa shape index (κ2) is 29.3. The molecule has 1 fully saturated rings. The Morgan fingerprint density at radius 2 is 0.630 bits per heavy atom. The van der Waals surface area contributed by atoms with Gasteiger partial charge >= 0.3 is 7.12 Å². The van der Waals surface area contributed by atoms with Gasteiger partial charge in [0, 0.05) is 54.4 Å². The molecule has 0 radical (unpaired) electrons. The summed E-state index contributed by atoms with van der Waals surface area (Å²) in [5.74, 6) is 0.0974. The number of fused-ring (bicyclic) bond motifs is 4.